The number of fused-ring (bicyclic) bond motifs is 1. The predicted molar refractivity (Wildman–Crippen MR) is 159 cm³/mol. The molecule has 45 heavy (non-hydrogen) atoms. The molecule has 1 aliphatic heterocycles. The summed E-state index contributed by atoms with van der Waals surface area (Å²) in [5.74, 6) is -1.54. The van der Waals surface area contributed by atoms with Crippen molar-refractivity contribution in [2.75, 3.05) is 19.8 Å². The number of esters is 1. The van der Waals surface area contributed by atoms with E-state index in [1.54, 1.807) is 24.9 Å². The molecule has 236 valence electrons. The molecule has 3 N–H and O–H groups in total. The van der Waals surface area contributed by atoms with E-state index < -0.39 is 28.9 Å². The second-order valence-electron chi connectivity index (χ2n) is 10.1. The van der Waals surface area contributed by atoms with Crippen molar-refractivity contribution in [1.29, 1.82) is 5.41 Å². The molecule has 0 saturated carbocycles. The van der Waals surface area contributed by atoms with E-state index in [0.29, 0.717) is 24.1 Å². The summed E-state index contributed by atoms with van der Waals surface area (Å²) in [5, 5.41) is 28.7. The number of ether oxygens (including phenoxy) is 2. The van der Waals surface area contributed by atoms with Gasteiger partial charge in [0.05, 0.1) is 23.8 Å². The molecule has 15 heteroatoms. The first-order valence-electron chi connectivity index (χ1n) is 14.2. The molecule has 2 heterocycles. The fourth-order valence-electron chi connectivity index (χ4n) is 4.76. The Hall–Kier alpha value is -5.60. The third-order valence-electron chi connectivity index (χ3n) is 6.94. The van der Waals surface area contributed by atoms with Crippen LogP contribution in [0.1, 0.15) is 46.6 Å². The number of carbonyl (C=O) groups excluding carboxylic acids is 4. The van der Waals surface area contributed by atoms with Crippen molar-refractivity contribution in [2.45, 2.75) is 45.8 Å². The van der Waals surface area contributed by atoms with Gasteiger partial charge < -0.3 is 19.7 Å². The molecule has 0 aliphatic carbocycles. The van der Waals surface area contributed by atoms with E-state index in [9.17, 15) is 29.3 Å². The predicted octanol–water partition coefficient (Wildman–Crippen LogP) is 2.35. The van der Waals surface area contributed by atoms with E-state index in [1.165, 1.54) is 53.2 Å². The Kier molecular flexibility index (Phi) is 10.6. The van der Waals surface area contributed by atoms with Gasteiger partial charge in [0.25, 0.3) is 11.6 Å². The van der Waals surface area contributed by atoms with Crippen molar-refractivity contribution in [2.24, 2.45) is 0 Å². The van der Waals surface area contributed by atoms with Gasteiger partial charge in [-0.2, -0.15) is 5.10 Å². The van der Waals surface area contributed by atoms with Gasteiger partial charge in [-0.3, -0.25) is 39.9 Å². The van der Waals surface area contributed by atoms with Crippen LogP contribution in [0.15, 0.2) is 54.7 Å². The Morgan fingerprint density at radius 3 is 2.33 bits per heavy atom. The van der Waals surface area contributed by atoms with Crippen LogP contribution in [-0.2, 0) is 45.0 Å². The minimum Gasteiger partial charge on any atom is -0.465 e. The smallest absolute Gasteiger partial charge is 0.412 e. The number of non-ortho nitro benzene ring substituents is 1. The number of alkyl carbamates (subject to hydrolysis) is 1. The lowest BCUT2D eigenvalue weighted by Gasteiger charge is -2.30. The second-order valence-corrected chi connectivity index (χ2v) is 10.1. The molecular formula is C30H33N7O8. The quantitative estimate of drug-likeness (QED) is 0.0948. The Morgan fingerprint density at radius 1 is 1.02 bits per heavy atom. The van der Waals surface area contributed by atoms with E-state index in [-0.39, 0.29) is 55.7 Å². The van der Waals surface area contributed by atoms with Crippen molar-refractivity contribution >= 4 is 35.4 Å². The van der Waals surface area contributed by atoms with Crippen LogP contribution in [0.3, 0.4) is 0 Å². The molecule has 0 radical (unpaired) electrons. The van der Waals surface area contributed by atoms with Crippen LogP contribution in [-0.4, -0.2) is 75.1 Å². The highest BCUT2D eigenvalue weighted by Crippen LogP contribution is 2.20. The van der Waals surface area contributed by atoms with E-state index in [1.807, 2.05) is 0 Å². The van der Waals surface area contributed by atoms with Crippen LogP contribution in [0, 0.1) is 15.5 Å². The van der Waals surface area contributed by atoms with Crippen LogP contribution >= 0.6 is 0 Å². The minimum atomic E-state index is -1.02. The minimum absolute atomic E-state index is 0.0508. The molecular weight excluding hydrogens is 586 g/mol. The van der Waals surface area contributed by atoms with Crippen molar-refractivity contribution in [3.8, 4) is 0 Å². The number of benzene rings is 2. The number of carbonyl (C=O) groups is 4. The second kappa shape index (κ2) is 14.7. The maximum atomic E-state index is 13.8. The average Bonchev–Trinajstić information content (AvgIpc) is 3.42. The van der Waals surface area contributed by atoms with Gasteiger partial charge in [-0.05, 0) is 31.5 Å². The van der Waals surface area contributed by atoms with Crippen molar-refractivity contribution in [1.82, 2.24) is 25.3 Å². The van der Waals surface area contributed by atoms with Gasteiger partial charge in [-0.1, -0.05) is 24.3 Å². The summed E-state index contributed by atoms with van der Waals surface area (Å²) in [6.45, 7) is 4.26. The van der Waals surface area contributed by atoms with Gasteiger partial charge in [0, 0.05) is 61.0 Å². The summed E-state index contributed by atoms with van der Waals surface area (Å²) >= 11 is 0. The summed E-state index contributed by atoms with van der Waals surface area (Å²) in [4.78, 5) is 62.9. The monoisotopic (exact) mass is 619 g/mol. The number of nitro benzene ring substituents is 1. The van der Waals surface area contributed by atoms with Crippen LogP contribution in [0.4, 0.5) is 10.5 Å². The zero-order chi connectivity index (χ0) is 32.5. The van der Waals surface area contributed by atoms with Crippen molar-refractivity contribution in [3.05, 3.63) is 92.8 Å². The average molecular weight is 620 g/mol. The number of nitro groups is 1. The summed E-state index contributed by atoms with van der Waals surface area (Å²) in [6, 6.07) is 10.6. The highest BCUT2D eigenvalue weighted by Gasteiger charge is 2.30. The summed E-state index contributed by atoms with van der Waals surface area (Å²) < 4.78 is 11.2. The van der Waals surface area contributed by atoms with Gasteiger partial charge in [0.15, 0.2) is 0 Å². The Balaban J connectivity index is 1.50. The first-order valence-corrected chi connectivity index (χ1v) is 14.2. The Bertz CT molecular complexity index is 1580. The summed E-state index contributed by atoms with van der Waals surface area (Å²) in [5.41, 5.74) is 2.59. The Labute approximate surface area is 258 Å². The van der Waals surface area contributed by atoms with Crippen LogP contribution in [0.25, 0.3) is 0 Å². The van der Waals surface area contributed by atoms with Crippen LogP contribution < -0.4 is 10.6 Å². The maximum Gasteiger partial charge on any atom is 0.412 e. The molecule has 1 atom stereocenters. The standard InChI is InChI=1S/C30H33N7O8/c1-3-44-26(38)18-36-17-22-16-35(14-13-24(22)34-36)29(40)25(15-19-5-11-23(12-6-19)37(42)43)32-28(39)21-9-7-20(8-10-21)27(31)33-30(41)45-4-2/h5-12,17,25H,3-4,13-16,18H2,1-2H3,(H,32,39)(H2,31,33,41)/t25-/m0/s1. The third-order valence-corrected chi connectivity index (χ3v) is 6.94. The molecule has 0 unspecified atom stereocenters. The molecule has 0 spiro atoms. The lowest BCUT2D eigenvalue weighted by atomic mass is 10.0. The van der Waals surface area contributed by atoms with E-state index in [0.717, 1.165) is 11.3 Å². The molecule has 1 aliphatic rings. The third kappa shape index (κ3) is 8.49. The zero-order valence-electron chi connectivity index (χ0n) is 24.8. The Morgan fingerprint density at radius 2 is 1.69 bits per heavy atom. The number of aromatic nitrogens is 2. The number of nitrogens with zero attached hydrogens (tertiary/aromatic N) is 4. The highest BCUT2D eigenvalue weighted by molar-refractivity contribution is 6.05. The van der Waals surface area contributed by atoms with Crippen LogP contribution in [0.2, 0.25) is 0 Å². The maximum absolute atomic E-state index is 13.8. The molecule has 3 aromatic rings. The first kappa shape index (κ1) is 32.3. The van der Waals surface area contributed by atoms with E-state index in [4.69, 9.17) is 14.9 Å². The molecule has 2 aromatic carbocycles. The number of hydrogen-bond acceptors (Lipinski definition) is 10. The van der Waals surface area contributed by atoms with E-state index >= 15 is 0 Å². The van der Waals surface area contributed by atoms with Crippen molar-refractivity contribution < 1.29 is 33.6 Å². The summed E-state index contributed by atoms with van der Waals surface area (Å²) in [7, 11) is 0. The van der Waals surface area contributed by atoms with Gasteiger partial charge >= 0.3 is 12.1 Å². The number of amides is 3. The molecule has 0 fully saturated rings. The molecule has 4 rings (SSSR count). The lowest BCUT2D eigenvalue weighted by molar-refractivity contribution is -0.384. The lowest BCUT2D eigenvalue weighted by Crippen LogP contribution is -2.50. The number of amidine groups is 1. The van der Waals surface area contributed by atoms with Gasteiger partial charge in [0.2, 0.25) is 5.91 Å². The fourth-order valence-corrected chi connectivity index (χ4v) is 4.76. The summed E-state index contributed by atoms with van der Waals surface area (Å²) in [6.07, 6.45) is 1.45. The van der Waals surface area contributed by atoms with E-state index in [2.05, 4.69) is 15.7 Å². The topological polar surface area (TPSA) is 199 Å². The molecule has 1 aromatic heterocycles. The van der Waals surface area contributed by atoms with Crippen molar-refractivity contribution in [3.63, 3.8) is 0 Å². The largest absolute Gasteiger partial charge is 0.465 e. The SMILES string of the molecule is CCOC(=O)Cn1cc2c(n1)CCN(C(=O)[C@H](Cc1ccc([N+](=O)[O-])cc1)NC(=O)c1ccc(C(=N)NC(=O)OCC)cc1)C2. The zero-order valence-corrected chi connectivity index (χ0v) is 24.8. The van der Waals surface area contributed by atoms with Gasteiger partial charge in [-0.15, -0.1) is 0 Å². The number of rotatable bonds is 11. The van der Waals surface area contributed by atoms with Gasteiger partial charge in [0.1, 0.15) is 18.4 Å². The highest BCUT2D eigenvalue weighted by atomic mass is 16.6. The molecule has 0 bridgehead atoms. The molecule has 15 nitrogen and oxygen atoms in total. The van der Waals surface area contributed by atoms with Gasteiger partial charge in [-0.25, -0.2) is 4.79 Å². The first-order chi connectivity index (χ1) is 21.6. The fraction of sp³-hybridized carbons (Fsp3) is 0.333. The molecule has 0 saturated heterocycles. The van der Waals surface area contributed by atoms with Crippen LogP contribution in [0.5, 0.6) is 0 Å². The molecule has 3 amide bonds. The normalized spacial score (nSPS) is 12.8. The number of hydrogen-bond donors (Lipinski definition) is 3. The number of nitrogens with one attached hydrogen (secondary N) is 3.